The van der Waals surface area contributed by atoms with Crippen molar-refractivity contribution in [3.63, 3.8) is 0 Å². The Morgan fingerprint density at radius 2 is 2.24 bits per heavy atom. The van der Waals surface area contributed by atoms with E-state index in [1.165, 1.54) is 17.0 Å². The molecule has 1 aromatic carbocycles. The summed E-state index contributed by atoms with van der Waals surface area (Å²) >= 11 is 7.59. The molecule has 1 heterocycles. The lowest BCUT2D eigenvalue weighted by atomic mass is 10.2. The zero-order chi connectivity index (χ0) is 12.4. The third kappa shape index (κ3) is 2.65. The van der Waals surface area contributed by atoms with Crippen molar-refractivity contribution < 1.29 is 4.39 Å². The Kier molecular flexibility index (Phi) is 3.76. The molecule has 0 saturated carbocycles. The van der Waals surface area contributed by atoms with Crippen LogP contribution in [0.4, 0.5) is 4.39 Å². The van der Waals surface area contributed by atoms with E-state index in [4.69, 9.17) is 11.6 Å². The summed E-state index contributed by atoms with van der Waals surface area (Å²) in [6.07, 6.45) is 0. The summed E-state index contributed by atoms with van der Waals surface area (Å²) in [5.41, 5.74) is 1.77. The van der Waals surface area contributed by atoms with E-state index < -0.39 is 0 Å². The van der Waals surface area contributed by atoms with Crippen LogP contribution < -0.4 is 5.32 Å². The van der Waals surface area contributed by atoms with Crippen LogP contribution in [-0.2, 0) is 6.54 Å². The molecule has 0 aliphatic heterocycles. The van der Waals surface area contributed by atoms with Crippen molar-refractivity contribution >= 4 is 22.9 Å². The van der Waals surface area contributed by atoms with Crippen molar-refractivity contribution in [3.05, 3.63) is 39.6 Å². The Hall–Kier alpha value is -0.970. The molecule has 2 nitrogen and oxygen atoms in total. The summed E-state index contributed by atoms with van der Waals surface area (Å²) in [4.78, 5) is 5.63. The molecule has 0 unspecified atom stereocenters. The van der Waals surface area contributed by atoms with E-state index in [0.717, 1.165) is 22.8 Å². The van der Waals surface area contributed by atoms with Gasteiger partial charge >= 0.3 is 0 Å². The molecule has 2 aromatic rings. The molecule has 1 N–H and O–H groups in total. The normalized spacial score (nSPS) is 10.8. The lowest BCUT2D eigenvalue weighted by Gasteiger charge is -1.99. The maximum absolute atomic E-state index is 13.0. The SMILES string of the molecule is CNCc1sc(-c2ccc(F)cc2Cl)nc1C. The van der Waals surface area contributed by atoms with E-state index in [2.05, 4.69) is 10.3 Å². The Morgan fingerprint density at radius 3 is 2.88 bits per heavy atom. The molecule has 1 aromatic heterocycles. The molecule has 0 bridgehead atoms. The van der Waals surface area contributed by atoms with Gasteiger partial charge in [-0.05, 0) is 32.2 Å². The summed E-state index contributed by atoms with van der Waals surface area (Å²) in [6, 6.07) is 4.38. The molecule has 0 spiro atoms. The fourth-order valence-corrected chi connectivity index (χ4v) is 2.96. The van der Waals surface area contributed by atoms with Gasteiger partial charge in [0.15, 0.2) is 0 Å². The number of nitrogens with one attached hydrogen (secondary N) is 1. The topological polar surface area (TPSA) is 24.9 Å². The van der Waals surface area contributed by atoms with Gasteiger partial charge in [0.1, 0.15) is 10.8 Å². The van der Waals surface area contributed by atoms with Crippen LogP contribution in [0.1, 0.15) is 10.6 Å². The zero-order valence-corrected chi connectivity index (χ0v) is 11.1. The van der Waals surface area contributed by atoms with Gasteiger partial charge in [0, 0.05) is 17.0 Å². The van der Waals surface area contributed by atoms with Gasteiger partial charge in [-0.2, -0.15) is 0 Å². The van der Waals surface area contributed by atoms with Crippen LogP contribution in [0.15, 0.2) is 18.2 Å². The average molecular weight is 271 g/mol. The van der Waals surface area contributed by atoms with Crippen LogP contribution in [0, 0.1) is 12.7 Å². The first-order valence-corrected chi connectivity index (χ1v) is 6.37. The molecular formula is C12H12ClFN2S. The number of hydrogen-bond acceptors (Lipinski definition) is 3. The molecule has 0 aliphatic rings. The minimum absolute atomic E-state index is 0.331. The minimum Gasteiger partial charge on any atom is -0.315 e. The second-order valence-electron chi connectivity index (χ2n) is 3.68. The number of aromatic nitrogens is 1. The second kappa shape index (κ2) is 5.12. The summed E-state index contributed by atoms with van der Waals surface area (Å²) in [6.45, 7) is 2.74. The first-order valence-electron chi connectivity index (χ1n) is 5.18. The van der Waals surface area contributed by atoms with Gasteiger partial charge in [0.2, 0.25) is 0 Å². The molecule has 0 fully saturated rings. The van der Waals surface area contributed by atoms with Crippen LogP contribution in [0.25, 0.3) is 10.6 Å². The Morgan fingerprint density at radius 1 is 1.47 bits per heavy atom. The van der Waals surface area contributed by atoms with Crippen molar-refractivity contribution in [3.8, 4) is 10.6 Å². The van der Waals surface area contributed by atoms with Crippen molar-refractivity contribution in [2.75, 3.05) is 7.05 Å². The van der Waals surface area contributed by atoms with E-state index >= 15 is 0 Å². The van der Waals surface area contributed by atoms with Crippen LogP contribution in [0.2, 0.25) is 5.02 Å². The van der Waals surface area contributed by atoms with Crippen LogP contribution in [0.3, 0.4) is 0 Å². The average Bonchev–Trinajstić information content (AvgIpc) is 2.60. The third-order valence-electron chi connectivity index (χ3n) is 2.39. The fourth-order valence-electron chi connectivity index (χ4n) is 1.53. The summed E-state index contributed by atoms with van der Waals surface area (Å²) < 4.78 is 13.0. The van der Waals surface area contributed by atoms with E-state index in [-0.39, 0.29) is 5.82 Å². The van der Waals surface area contributed by atoms with E-state index in [9.17, 15) is 4.39 Å². The van der Waals surface area contributed by atoms with Gasteiger partial charge in [-0.1, -0.05) is 11.6 Å². The van der Waals surface area contributed by atoms with Crippen LogP contribution in [-0.4, -0.2) is 12.0 Å². The highest BCUT2D eigenvalue weighted by Crippen LogP contribution is 2.33. The molecule has 2 rings (SSSR count). The van der Waals surface area contributed by atoms with Gasteiger partial charge in [0.05, 0.1) is 10.7 Å². The molecule has 5 heteroatoms. The predicted molar refractivity (Wildman–Crippen MR) is 70.0 cm³/mol. The summed E-state index contributed by atoms with van der Waals surface area (Å²) in [5, 5.41) is 4.32. The standard InChI is InChI=1S/C12H12ClFN2S/c1-7-11(6-15-2)17-12(16-7)9-4-3-8(14)5-10(9)13/h3-5,15H,6H2,1-2H3. The molecule has 0 radical (unpaired) electrons. The van der Waals surface area contributed by atoms with Gasteiger partial charge in [-0.15, -0.1) is 11.3 Å². The maximum Gasteiger partial charge on any atom is 0.125 e. The molecule has 0 atom stereocenters. The lowest BCUT2D eigenvalue weighted by molar-refractivity contribution is 0.628. The lowest BCUT2D eigenvalue weighted by Crippen LogP contribution is -2.04. The first kappa shape index (κ1) is 12.5. The monoisotopic (exact) mass is 270 g/mol. The quantitative estimate of drug-likeness (QED) is 0.921. The van der Waals surface area contributed by atoms with Gasteiger partial charge in [-0.25, -0.2) is 9.37 Å². The highest BCUT2D eigenvalue weighted by Gasteiger charge is 2.12. The second-order valence-corrected chi connectivity index (χ2v) is 5.17. The van der Waals surface area contributed by atoms with Crippen LogP contribution in [0.5, 0.6) is 0 Å². The highest BCUT2D eigenvalue weighted by molar-refractivity contribution is 7.15. The Bertz CT molecular complexity index is 539. The number of rotatable bonds is 3. The smallest absolute Gasteiger partial charge is 0.125 e. The molecule has 17 heavy (non-hydrogen) atoms. The van der Waals surface area contributed by atoms with Gasteiger partial charge in [-0.3, -0.25) is 0 Å². The van der Waals surface area contributed by atoms with Crippen LogP contribution >= 0.6 is 22.9 Å². The number of hydrogen-bond donors (Lipinski definition) is 1. The third-order valence-corrected chi connectivity index (χ3v) is 3.89. The minimum atomic E-state index is -0.331. The van der Waals surface area contributed by atoms with E-state index in [1.54, 1.807) is 17.4 Å². The largest absolute Gasteiger partial charge is 0.315 e. The number of thiazole rings is 1. The molecular weight excluding hydrogens is 259 g/mol. The number of nitrogens with zero attached hydrogens (tertiary/aromatic N) is 1. The predicted octanol–water partition coefficient (Wildman–Crippen LogP) is 3.63. The summed E-state index contributed by atoms with van der Waals surface area (Å²) in [7, 11) is 1.89. The molecule has 0 amide bonds. The first-order chi connectivity index (χ1) is 8.11. The molecule has 0 aliphatic carbocycles. The van der Waals surface area contributed by atoms with Gasteiger partial charge in [0.25, 0.3) is 0 Å². The Balaban J connectivity index is 2.42. The Labute approximate surface area is 108 Å². The molecule has 90 valence electrons. The van der Waals surface area contributed by atoms with Crippen molar-refractivity contribution in [1.82, 2.24) is 10.3 Å². The number of aryl methyl sites for hydroxylation is 1. The van der Waals surface area contributed by atoms with E-state index in [0.29, 0.717) is 5.02 Å². The van der Waals surface area contributed by atoms with E-state index in [1.807, 2.05) is 14.0 Å². The highest BCUT2D eigenvalue weighted by atomic mass is 35.5. The van der Waals surface area contributed by atoms with Crippen molar-refractivity contribution in [2.45, 2.75) is 13.5 Å². The maximum atomic E-state index is 13.0. The van der Waals surface area contributed by atoms with Crippen molar-refractivity contribution in [1.29, 1.82) is 0 Å². The fraction of sp³-hybridized carbons (Fsp3) is 0.250. The molecule has 0 saturated heterocycles. The summed E-state index contributed by atoms with van der Waals surface area (Å²) in [5.74, 6) is -0.331. The number of benzene rings is 1. The number of halogens is 2. The van der Waals surface area contributed by atoms with Crippen molar-refractivity contribution in [2.24, 2.45) is 0 Å². The van der Waals surface area contributed by atoms with Gasteiger partial charge < -0.3 is 5.32 Å². The zero-order valence-electron chi connectivity index (χ0n) is 9.55.